The molecular formula is C17H16BrNO. The minimum atomic E-state index is 0.345. The first-order valence-corrected chi connectivity index (χ1v) is 7.85. The van der Waals surface area contributed by atoms with E-state index in [9.17, 15) is 0 Å². The zero-order valence-corrected chi connectivity index (χ0v) is 12.9. The second-order valence-electron chi connectivity index (χ2n) is 5.58. The summed E-state index contributed by atoms with van der Waals surface area (Å²) in [4.78, 5) is 0. The quantitative estimate of drug-likeness (QED) is 0.729. The van der Waals surface area contributed by atoms with E-state index in [0.29, 0.717) is 6.04 Å². The Hall–Kier alpha value is -1.32. The number of halogens is 1. The van der Waals surface area contributed by atoms with Crippen LogP contribution in [0.2, 0.25) is 0 Å². The van der Waals surface area contributed by atoms with Gasteiger partial charge in [0.1, 0.15) is 11.3 Å². The third-order valence-corrected chi connectivity index (χ3v) is 4.99. The Morgan fingerprint density at radius 1 is 1.20 bits per heavy atom. The van der Waals surface area contributed by atoms with Gasteiger partial charge >= 0.3 is 0 Å². The Kier molecular flexibility index (Phi) is 2.86. The lowest BCUT2D eigenvalue weighted by atomic mass is 10.1. The summed E-state index contributed by atoms with van der Waals surface area (Å²) in [6.45, 7) is 0. The van der Waals surface area contributed by atoms with Gasteiger partial charge < -0.3 is 9.73 Å². The third kappa shape index (κ3) is 1.88. The molecule has 0 amide bonds. The highest BCUT2D eigenvalue weighted by molar-refractivity contribution is 9.10. The molecule has 0 bridgehead atoms. The van der Waals surface area contributed by atoms with E-state index in [2.05, 4.69) is 57.6 Å². The van der Waals surface area contributed by atoms with Crippen molar-refractivity contribution in [3.8, 4) is 0 Å². The lowest BCUT2D eigenvalue weighted by Crippen LogP contribution is -2.17. The van der Waals surface area contributed by atoms with Crippen molar-refractivity contribution in [3.63, 3.8) is 0 Å². The van der Waals surface area contributed by atoms with E-state index in [1.807, 2.05) is 7.05 Å². The summed E-state index contributed by atoms with van der Waals surface area (Å²) in [5, 5.41) is 7.01. The van der Waals surface area contributed by atoms with Gasteiger partial charge in [-0.15, -0.1) is 0 Å². The van der Waals surface area contributed by atoms with Gasteiger partial charge in [0.15, 0.2) is 0 Å². The maximum absolute atomic E-state index is 6.15. The first-order valence-electron chi connectivity index (χ1n) is 7.06. The van der Waals surface area contributed by atoms with Crippen molar-refractivity contribution in [2.24, 2.45) is 5.92 Å². The average molecular weight is 330 g/mol. The van der Waals surface area contributed by atoms with Crippen molar-refractivity contribution in [1.82, 2.24) is 5.32 Å². The van der Waals surface area contributed by atoms with Crippen molar-refractivity contribution in [3.05, 3.63) is 46.6 Å². The minimum absolute atomic E-state index is 0.345. The van der Waals surface area contributed by atoms with Gasteiger partial charge in [-0.2, -0.15) is 0 Å². The highest BCUT2D eigenvalue weighted by Gasteiger charge is 2.33. The number of rotatable bonds is 3. The van der Waals surface area contributed by atoms with Crippen LogP contribution >= 0.6 is 15.9 Å². The van der Waals surface area contributed by atoms with Crippen LogP contribution in [0.3, 0.4) is 0 Å². The summed E-state index contributed by atoms with van der Waals surface area (Å²) in [6.07, 6.45) is 2.59. The molecule has 0 radical (unpaired) electrons. The first-order chi connectivity index (χ1) is 9.78. The van der Waals surface area contributed by atoms with Crippen LogP contribution in [0.25, 0.3) is 21.7 Å². The SMILES string of the molecule is CNC(c1cc2cc3ccccc3c(Br)c2o1)C1CC1. The summed E-state index contributed by atoms with van der Waals surface area (Å²) in [6, 6.07) is 13.1. The lowest BCUT2D eigenvalue weighted by molar-refractivity contribution is 0.419. The Balaban J connectivity index is 1.94. The summed E-state index contributed by atoms with van der Waals surface area (Å²) in [7, 11) is 2.02. The molecule has 3 heteroatoms. The monoisotopic (exact) mass is 329 g/mol. The minimum Gasteiger partial charge on any atom is -0.458 e. The van der Waals surface area contributed by atoms with Gasteiger partial charge in [0.2, 0.25) is 0 Å². The molecule has 20 heavy (non-hydrogen) atoms. The molecule has 2 nitrogen and oxygen atoms in total. The van der Waals surface area contributed by atoms with Crippen LogP contribution in [0.15, 0.2) is 45.3 Å². The molecular weight excluding hydrogens is 314 g/mol. The molecule has 1 aromatic heterocycles. The molecule has 1 aliphatic rings. The number of hydrogen-bond acceptors (Lipinski definition) is 2. The average Bonchev–Trinajstić information content (AvgIpc) is 3.20. The smallest absolute Gasteiger partial charge is 0.149 e. The second kappa shape index (κ2) is 4.61. The molecule has 0 saturated heterocycles. The molecule has 1 heterocycles. The van der Waals surface area contributed by atoms with E-state index in [-0.39, 0.29) is 0 Å². The molecule has 1 atom stereocenters. The van der Waals surface area contributed by atoms with Gasteiger partial charge in [-0.3, -0.25) is 0 Å². The van der Waals surface area contributed by atoms with Crippen molar-refractivity contribution < 1.29 is 4.42 Å². The van der Waals surface area contributed by atoms with E-state index >= 15 is 0 Å². The standard InChI is InChI=1S/C17H16BrNO/c1-19-16(10-6-7-10)14-9-12-8-11-4-2-3-5-13(11)15(18)17(12)20-14/h2-5,8-10,16,19H,6-7H2,1H3. The van der Waals surface area contributed by atoms with E-state index in [1.54, 1.807) is 0 Å². The van der Waals surface area contributed by atoms with Gasteiger partial charge in [0, 0.05) is 5.39 Å². The molecule has 0 spiro atoms. The van der Waals surface area contributed by atoms with Crippen LogP contribution < -0.4 is 5.32 Å². The fourth-order valence-corrected chi connectivity index (χ4v) is 3.68. The van der Waals surface area contributed by atoms with Gasteiger partial charge in [0.25, 0.3) is 0 Å². The molecule has 2 aromatic carbocycles. The number of nitrogens with one attached hydrogen (secondary N) is 1. The second-order valence-corrected chi connectivity index (χ2v) is 6.38. The molecule has 4 rings (SSSR count). The third-order valence-electron chi connectivity index (χ3n) is 4.20. The molecule has 0 aliphatic heterocycles. The Morgan fingerprint density at radius 2 is 2.00 bits per heavy atom. The summed E-state index contributed by atoms with van der Waals surface area (Å²) < 4.78 is 7.21. The van der Waals surface area contributed by atoms with Crippen LogP contribution in [-0.2, 0) is 0 Å². The Bertz CT molecular complexity index is 788. The number of fused-ring (bicyclic) bond motifs is 2. The zero-order chi connectivity index (χ0) is 13.7. The molecule has 1 fully saturated rings. The summed E-state index contributed by atoms with van der Waals surface area (Å²) in [5.74, 6) is 1.79. The van der Waals surface area contributed by atoms with Gasteiger partial charge in [0.05, 0.1) is 10.5 Å². The normalized spacial score (nSPS) is 16.9. The van der Waals surface area contributed by atoms with Crippen molar-refractivity contribution in [1.29, 1.82) is 0 Å². The highest BCUT2D eigenvalue weighted by atomic mass is 79.9. The number of hydrogen-bond donors (Lipinski definition) is 1. The van der Waals surface area contributed by atoms with Crippen molar-refractivity contribution in [2.75, 3.05) is 7.05 Å². The van der Waals surface area contributed by atoms with Crippen LogP contribution in [0.5, 0.6) is 0 Å². The lowest BCUT2D eigenvalue weighted by Gasteiger charge is -2.11. The fraction of sp³-hybridized carbons (Fsp3) is 0.294. The van der Waals surface area contributed by atoms with Gasteiger partial charge in [-0.25, -0.2) is 0 Å². The predicted molar refractivity (Wildman–Crippen MR) is 85.9 cm³/mol. The van der Waals surface area contributed by atoms with Crippen LogP contribution in [0.4, 0.5) is 0 Å². The van der Waals surface area contributed by atoms with E-state index in [0.717, 1.165) is 21.7 Å². The largest absolute Gasteiger partial charge is 0.458 e. The van der Waals surface area contributed by atoms with E-state index < -0.39 is 0 Å². The van der Waals surface area contributed by atoms with E-state index in [4.69, 9.17) is 4.42 Å². The topological polar surface area (TPSA) is 25.2 Å². The fourth-order valence-electron chi connectivity index (χ4n) is 3.01. The van der Waals surface area contributed by atoms with Crippen molar-refractivity contribution >= 4 is 37.7 Å². The van der Waals surface area contributed by atoms with Crippen molar-refractivity contribution in [2.45, 2.75) is 18.9 Å². The summed E-state index contributed by atoms with van der Waals surface area (Å²) in [5.41, 5.74) is 0.958. The molecule has 1 unspecified atom stereocenters. The maximum atomic E-state index is 6.15. The molecule has 1 aliphatic carbocycles. The maximum Gasteiger partial charge on any atom is 0.149 e. The zero-order valence-electron chi connectivity index (χ0n) is 11.3. The number of benzene rings is 2. The molecule has 3 aromatic rings. The first kappa shape index (κ1) is 12.4. The highest BCUT2D eigenvalue weighted by Crippen LogP contribution is 2.43. The van der Waals surface area contributed by atoms with Gasteiger partial charge in [-0.1, -0.05) is 24.3 Å². The van der Waals surface area contributed by atoms with Gasteiger partial charge in [-0.05, 0) is 64.6 Å². The van der Waals surface area contributed by atoms with Crippen LogP contribution in [-0.4, -0.2) is 7.05 Å². The molecule has 102 valence electrons. The van der Waals surface area contributed by atoms with Crippen LogP contribution in [0.1, 0.15) is 24.6 Å². The summed E-state index contributed by atoms with van der Waals surface area (Å²) >= 11 is 3.71. The molecule has 1 saturated carbocycles. The Labute approximate surface area is 126 Å². The number of furan rings is 1. The Morgan fingerprint density at radius 3 is 2.75 bits per heavy atom. The van der Waals surface area contributed by atoms with E-state index in [1.165, 1.54) is 29.0 Å². The molecule has 1 N–H and O–H groups in total. The van der Waals surface area contributed by atoms with Crippen LogP contribution in [0, 0.1) is 5.92 Å². The predicted octanol–water partition coefficient (Wildman–Crippen LogP) is 5.02.